The Balaban J connectivity index is 1.69. The monoisotopic (exact) mass is 268 g/mol. The highest BCUT2D eigenvalue weighted by molar-refractivity contribution is 6.31. The summed E-state index contributed by atoms with van der Waals surface area (Å²) in [6.45, 7) is 5.00. The van der Waals surface area contributed by atoms with Gasteiger partial charge < -0.3 is 5.32 Å². The van der Waals surface area contributed by atoms with E-state index in [1.54, 1.807) is 12.1 Å². The van der Waals surface area contributed by atoms with Gasteiger partial charge in [-0.05, 0) is 50.0 Å². The molecule has 0 amide bonds. The van der Waals surface area contributed by atoms with Crippen molar-refractivity contribution in [2.45, 2.75) is 13.0 Å². The minimum absolute atomic E-state index is 0.186. The zero-order valence-corrected chi connectivity index (χ0v) is 11.1. The van der Waals surface area contributed by atoms with Crippen LogP contribution in [0.15, 0.2) is 18.2 Å². The summed E-state index contributed by atoms with van der Waals surface area (Å²) in [4.78, 5) is 2.33. The van der Waals surface area contributed by atoms with Crippen molar-refractivity contribution in [3.63, 3.8) is 0 Å². The van der Waals surface area contributed by atoms with Crippen molar-refractivity contribution in [3.8, 4) is 0 Å². The molecule has 0 aromatic heterocycles. The fraction of sp³-hybridized carbons (Fsp3) is 0.571. The summed E-state index contributed by atoms with van der Waals surface area (Å²) in [6.07, 6.45) is 1.21. The number of hydrogen-bond donors (Lipinski definition) is 1. The summed E-state index contributed by atoms with van der Waals surface area (Å²) in [6, 6.07) is 4.92. The second-order valence-electron chi connectivity index (χ2n) is 5.40. The first-order valence-corrected chi connectivity index (χ1v) is 6.98. The molecule has 2 saturated heterocycles. The van der Waals surface area contributed by atoms with Gasteiger partial charge in [0.1, 0.15) is 5.82 Å². The second-order valence-corrected chi connectivity index (χ2v) is 5.81. The maximum absolute atomic E-state index is 13.8. The highest BCUT2D eigenvalue weighted by Gasteiger charge is 2.32. The van der Waals surface area contributed by atoms with E-state index in [1.807, 2.05) is 0 Å². The number of nitrogens with one attached hydrogen (secondary N) is 1. The topological polar surface area (TPSA) is 15.3 Å². The Kier molecular flexibility index (Phi) is 3.55. The first kappa shape index (κ1) is 12.4. The number of halogens is 2. The largest absolute Gasteiger partial charge is 0.316 e. The lowest BCUT2D eigenvalue weighted by molar-refractivity contribution is 0.141. The normalized spacial score (nSPS) is 28.3. The average molecular weight is 269 g/mol. The summed E-state index contributed by atoms with van der Waals surface area (Å²) < 4.78 is 13.8. The molecule has 18 heavy (non-hydrogen) atoms. The molecule has 0 radical (unpaired) electrons. The molecule has 0 spiro atoms. The van der Waals surface area contributed by atoms with Crippen LogP contribution in [0.5, 0.6) is 0 Å². The molecule has 2 nitrogen and oxygen atoms in total. The summed E-state index contributed by atoms with van der Waals surface area (Å²) in [7, 11) is 0. The third-order valence-electron chi connectivity index (χ3n) is 4.23. The van der Waals surface area contributed by atoms with Gasteiger partial charge in [0, 0.05) is 23.7 Å². The van der Waals surface area contributed by atoms with Gasteiger partial charge in [-0.15, -0.1) is 0 Å². The van der Waals surface area contributed by atoms with Crippen LogP contribution in [0.25, 0.3) is 0 Å². The molecule has 2 atom stereocenters. The van der Waals surface area contributed by atoms with E-state index >= 15 is 0 Å². The highest BCUT2D eigenvalue weighted by Crippen LogP contribution is 2.29. The smallest absolute Gasteiger partial charge is 0.129 e. The number of hydrogen-bond acceptors (Lipinski definition) is 2. The van der Waals surface area contributed by atoms with Crippen LogP contribution >= 0.6 is 11.6 Å². The van der Waals surface area contributed by atoms with Crippen LogP contribution in [-0.4, -0.2) is 31.1 Å². The lowest BCUT2D eigenvalue weighted by atomic mass is 9.88. The Morgan fingerprint density at radius 3 is 3.00 bits per heavy atom. The van der Waals surface area contributed by atoms with E-state index in [0.29, 0.717) is 17.1 Å². The first-order valence-electron chi connectivity index (χ1n) is 6.60. The SMILES string of the molecule is Fc1cccc(Cl)c1CN1CCC2CNCC2C1. The van der Waals surface area contributed by atoms with Crippen LogP contribution in [0.1, 0.15) is 12.0 Å². The Labute approximate surface area is 112 Å². The van der Waals surface area contributed by atoms with E-state index in [9.17, 15) is 4.39 Å². The maximum Gasteiger partial charge on any atom is 0.129 e. The van der Waals surface area contributed by atoms with Crippen LogP contribution in [-0.2, 0) is 6.54 Å². The molecule has 2 fully saturated rings. The van der Waals surface area contributed by atoms with Crippen molar-refractivity contribution in [2.24, 2.45) is 11.8 Å². The molecule has 2 unspecified atom stereocenters. The van der Waals surface area contributed by atoms with Crippen molar-refractivity contribution in [2.75, 3.05) is 26.2 Å². The minimum Gasteiger partial charge on any atom is -0.316 e. The molecule has 2 aliphatic rings. The number of nitrogens with zero attached hydrogens (tertiary/aromatic N) is 1. The van der Waals surface area contributed by atoms with Crippen molar-refractivity contribution in [1.82, 2.24) is 10.2 Å². The van der Waals surface area contributed by atoms with Crippen molar-refractivity contribution in [3.05, 3.63) is 34.6 Å². The molecule has 0 bridgehead atoms. The molecule has 0 saturated carbocycles. The Morgan fingerprint density at radius 2 is 2.17 bits per heavy atom. The molecule has 98 valence electrons. The molecule has 1 aromatic rings. The fourth-order valence-electron chi connectivity index (χ4n) is 3.16. The average Bonchev–Trinajstić information content (AvgIpc) is 2.81. The van der Waals surface area contributed by atoms with Gasteiger partial charge in [0.25, 0.3) is 0 Å². The van der Waals surface area contributed by atoms with E-state index in [1.165, 1.54) is 12.5 Å². The first-order chi connectivity index (χ1) is 8.74. The van der Waals surface area contributed by atoms with Gasteiger partial charge in [-0.25, -0.2) is 4.39 Å². The van der Waals surface area contributed by atoms with Crippen LogP contribution in [0.2, 0.25) is 5.02 Å². The molecule has 1 N–H and O–H groups in total. The Hall–Kier alpha value is -0.640. The summed E-state index contributed by atoms with van der Waals surface area (Å²) >= 11 is 6.08. The van der Waals surface area contributed by atoms with Crippen LogP contribution in [0.4, 0.5) is 4.39 Å². The fourth-order valence-corrected chi connectivity index (χ4v) is 3.38. The second kappa shape index (κ2) is 5.16. The van der Waals surface area contributed by atoms with Crippen molar-refractivity contribution < 1.29 is 4.39 Å². The van der Waals surface area contributed by atoms with E-state index in [4.69, 9.17) is 11.6 Å². The van der Waals surface area contributed by atoms with Gasteiger partial charge in [0.2, 0.25) is 0 Å². The lowest BCUT2D eigenvalue weighted by Crippen LogP contribution is -2.39. The Morgan fingerprint density at radius 1 is 1.33 bits per heavy atom. The lowest BCUT2D eigenvalue weighted by Gasteiger charge is -2.34. The molecule has 2 aliphatic heterocycles. The number of rotatable bonds is 2. The maximum atomic E-state index is 13.8. The van der Waals surface area contributed by atoms with Crippen molar-refractivity contribution >= 4 is 11.6 Å². The number of fused-ring (bicyclic) bond motifs is 1. The van der Waals surface area contributed by atoms with E-state index in [0.717, 1.165) is 38.0 Å². The van der Waals surface area contributed by atoms with Gasteiger partial charge in [-0.1, -0.05) is 17.7 Å². The standard InChI is InChI=1S/C14H18ClFN2/c15-13-2-1-3-14(16)12(13)9-18-5-4-10-6-17-7-11(10)8-18/h1-3,10-11,17H,4-9H2. The number of benzene rings is 1. The molecular weight excluding hydrogens is 251 g/mol. The molecular formula is C14H18ClFN2. The Bertz CT molecular complexity index is 418. The third kappa shape index (κ3) is 2.40. The highest BCUT2D eigenvalue weighted by atomic mass is 35.5. The van der Waals surface area contributed by atoms with Gasteiger partial charge in [-0.3, -0.25) is 4.90 Å². The quantitative estimate of drug-likeness (QED) is 0.887. The predicted molar refractivity (Wildman–Crippen MR) is 71.2 cm³/mol. The molecule has 2 heterocycles. The zero-order valence-electron chi connectivity index (χ0n) is 10.3. The van der Waals surface area contributed by atoms with Crippen LogP contribution in [0, 0.1) is 17.7 Å². The van der Waals surface area contributed by atoms with E-state index in [-0.39, 0.29) is 5.82 Å². The summed E-state index contributed by atoms with van der Waals surface area (Å²) in [5.74, 6) is 1.36. The predicted octanol–water partition coefficient (Wildman–Crippen LogP) is 2.52. The van der Waals surface area contributed by atoms with Crippen molar-refractivity contribution in [1.29, 1.82) is 0 Å². The molecule has 3 rings (SSSR count). The van der Waals surface area contributed by atoms with Gasteiger partial charge in [-0.2, -0.15) is 0 Å². The van der Waals surface area contributed by atoms with Gasteiger partial charge in [0.15, 0.2) is 0 Å². The van der Waals surface area contributed by atoms with E-state index < -0.39 is 0 Å². The number of piperidine rings is 1. The van der Waals surface area contributed by atoms with Gasteiger partial charge in [0.05, 0.1) is 0 Å². The number of likely N-dealkylation sites (tertiary alicyclic amines) is 1. The minimum atomic E-state index is -0.186. The zero-order chi connectivity index (χ0) is 12.5. The van der Waals surface area contributed by atoms with E-state index in [2.05, 4.69) is 10.2 Å². The van der Waals surface area contributed by atoms with Gasteiger partial charge >= 0.3 is 0 Å². The summed E-state index contributed by atoms with van der Waals surface area (Å²) in [5, 5.41) is 3.99. The van der Waals surface area contributed by atoms with Crippen LogP contribution < -0.4 is 5.32 Å². The summed E-state index contributed by atoms with van der Waals surface area (Å²) in [5.41, 5.74) is 0.642. The molecule has 0 aliphatic carbocycles. The molecule has 1 aromatic carbocycles. The molecule has 4 heteroatoms. The third-order valence-corrected chi connectivity index (χ3v) is 4.59. The van der Waals surface area contributed by atoms with Crippen LogP contribution in [0.3, 0.4) is 0 Å².